The van der Waals surface area contributed by atoms with Gasteiger partial charge in [-0.05, 0) is 35.6 Å². The summed E-state index contributed by atoms with van der Waals surface area (Å²) in [6, 6.07) is 7.53. The number of amides is 1. The number of methoxy groups -OCH3 is 2. The van der Waals surface area contributed by atoms with E-state index in [4.69, 9.17) is 9.47 Å². The van der Waals surface area contributed by atoms with Crippen LogP contribution < -0.4 is 4.74 Å². The largest absolute Gasteiger partial charge is 0.496 e. The van der Waals surface area contributed by atoms with Gasteiger partial charge < -0.3 is 14.4 Å². The van der Waals surface area contributed by atoms with Crippen molar-refractivity contribution in [2.75, 3.05) is 20.8 Å². The van der Waals surface area contributed by atoms with Gasteiger partial charge in [0, 0.05) is 42.6 Å². The first-order valence-corrected chi connectivity index (χ1v) is 12.1. The molecule has 1 amide bonds. The summed E-state index contributed by atoms with van der Waals surface area (Å²) in [5.41, 5.74) is 1.60. The van der Waals surface area contributed by atoms with Gasteiger partial charge in [-0.15, -0.1) is 11.3 Å². The average molecular weight is 469 g/mol. The summed E-state index contributed by atoms with van der Waals surface area (Å²) >= 11 is 1.58. The van der Waals surface area contributed by atoms with Crippen molar-refractivity contribution in [1.82, 2.24) is 19.7 Å². The molecule has 0 saturated carbocycles. The summed E-state index contributed by atoms with van der Waals surface area (Å²) in [5.74, 6) is 0.863. The summed E-state index contributed by atoms with van der Waals surface area (Å²) in [6.45, 7) is 7.61. The molecule has 1 fully saturated rings. The minimum absolute atomic E-state index is 0.0234. The number of hydrogen-bond donors (Lipinski definition) is 0. The second-order valence-electron chi connectivity index (χ2n) is 9.53. The molecule has 0 spiro atoms. The van der Waals surface area contributed by atoms with E-state index in [0.717, 1.165) is 22.7 Å². The van der Waals surface area contributed by atoms with E-state index >= 15 is 0 Å². The Morgan fingerprint density at radius 1 is 1.24 bits per heavy atom. The van der Waals surface area contributed by atoms with Crippen LogP contribution >= 0.6 is 11.3 Å². The molecule has 0 N–H and O–H groups in total. The van der Waals surface area contributed by atoms with Gasteiger partial charge >= 0.3 is 0 Å². The van der Waals surface area contributed by atoms with Crippen molar-refractivity contribution in [1.29, 1.82) is 0 Å². The number of hydrogen-bond acceptors (Lipinski definition) is 6. The highest BCUT2D eigenvalue weighted by atomic mass is 32.1. The number of aromatic nitrogens is 3. The Balaban J connectivity index is 1.74. The lowest BCUT2D eigenvalue weighted by Crippen LogP contribution is -2.40. The highest BCUT2D eigenvalue weighted by Crippen LogP contribution is 2.44. The number of likely N-dealkylation sites (tertiary alicyclic amines) is 1. The molecule has 3 heterocycles. The Hall–Kier alpha value is -2.71. The molecule has 7 nitrogen and oxygen atoms in total. The first-order valence-electron chi connectivity index (χ1n) is 11.2. The van der Waals surface area contributed by atoms with E-state index in [1.165, 1.54) is 0 Å². The Morgan fingerprint density at radius 3 is 2.67 bits per heavy atom. The number of benzene rings is 1. The highest BCUT2D eigenvalue weighted by molar-refractivity contribution is 7.09. The third-order valence-electron chi connectivity index (χ3n) is 6.25. The van der Waals surface area contributed by atoms with Crippen LogP contribution in [0.4, 0.5) is 0 Å². The van der Waals surface area contributed by atoms with E-state index in [9.17, 15) is 4.79 Å². The fourth-order valence-electron chi connectivity index (χ4n) is 4.79. The first-order chi connectivity index (χ1) is 15.8. The van der Waals surface area contributed by atoms with Gasteiger partial charge in [0.05, 0.1) is 32.3 Å². The lowest BCUT2D eigenvalue weighted by molar-refractivity contribution is 0.0599. The molecule has 176 valence electrons. The molecular weight excluding hydrogens is 436 g/mol. The maximum atomic E-state index is 14.0. The molecular formula is C25H32N4O3S. The minimum atomic E-state index is -0.147. The SMILES string of the molecule is COC[C@H]1C[C@H](Cn2cccn2)N(C(=O)c2ccc(C(C)(C)C)c(OC)c2)[C@H]1c1nccs1. The zero-order valence-electron chi connectivity index (χ0n) is 19.9. The first kappa shape index (κ1) is 23.4. The van der Waals surface area contributed by atoms with Crippen molar-refractivity contribution in [3.05, 3.63) is 64.4 Å². The van der Waals surface area contributed by atoms with Crippen LogP contribution in [0, 0.1) is 5.92 Å². The van der Waals surface area contributed by atoms with Crippen molar-refractivity contribution in [2.45, 2.75) is 51.2 Å². The van der Waals surface area contributed by atoms with Crippen LogP contribution in [0.1, 0.15) is 54.2 Å². The van der Waals surface area contributed by atoms with E-state index in [2.05, 4.69) is 30.9 Å². The summed E-state index contributed by atoms with van der Waals surface area (Å²) in [6.07, 6.45) is 6.32. The zero-order chi connectivity index (χ0) is 23.6. The van der Waals surface area contributed by atoms with E-state index < -0.39 is 0 Å². The zero-order valence-corrected chi connectivity index (χ0v) is 20.7. The van der Waals surface area contributed by atoms with E-state index in [0.29, 0.717) is 18.7 Å². The second kappa shape index (κ2) is 9.65. The molecule has 2 aromatic heterocycles. The quantitative estimate of drug-likeness (QED) is 0.508. The number of nitrogens with zero attached hydrogens (tertiary/aromatic N) is 4. The van der Waals surface area contributed by atoms with Gasteiger partial charge in [-0.1, -0.05) is 26.8 Å². The van der Waals surface area contributed by atoms with Crippen LogP contribution in [0.2, 0.25) is 0 Å². The number of thiazole rings is 1. The molecule has 0 unspecified atom stereocenters. The molecule has 3 aromatic rings. The van der Waals surface area contributed by atoms with Crippen molar-refractivity contribution in [3.8, 4) is 5.75 Å². The maximum absolute atomic E-state index is 14.0. The van der Waals surface area contributed by atoms with Gasteiger partial charge in [-0.25, -0.2) is 4.98 Å². The van der Waals surface area contributed by atoms with Crippen molar-refractivity contribution in [3.63, 3.8) is 0 Å². The fraction of sp³-hybridized carbons (Fsp3) is 0.480. The molecule has 3 atom stereocenters. The number of ether oxygens (including phenoxy) is 2. The van der Waals surface area contributed by atoms with Crippen LogP contribution in [0.5, 0.6) is 5.75 Å². The van der Waals surface area contributed by atoms with Gasteiger partial charge in [0.1, 0.15) is 10.8 Å². The molecule has 4 rings (SSSR count). The Morgan fingerprint density at radius 2 is 2.06 bits per heavy atom. The predicted octanol–water partition coefficient (Wildman–Crippen LogP) is 4.56. The minimum Gasteiger partial charge on any atom is -0.496 e. The van der Waals surface area contributed by atoms with Crippen LogP contribution in [0.25, 0.3) is 0 Å². The maximum Gasteiger partial charge on any atom is 0.254 e. The van der Waals surface area contributed by atoms with Crippen molar-refractivity contribution < 1.29 is 14.3 Å². The van der Waals surface area contributed by atoms with E-state index in [-0.39, 0.29) is 29.3 Å². The third kappa shape index (κ3) is 4.82. The van der Waals surface area contributed by atoms with E-state index in [1.54, 1.807) is 38.0 Å². The Bertz CT molecular complexity index is 1060. The van der Waals surface area contributed by atoms with Gasteiger partial charge in [0.15, 0.2) is 0 Å². The summed E-state index contributed by atoms with van der Waals surface area (Å²) in [5, 5.41) is 7.28. The summed E-state index contributed by atoms with van der Waals surface area (Å²) in [4.78, 5) is 20.6. The van der Waals surface area contributed by atoms with Gasteiger partial charge in [0.25, 0.3) is 5.91 Å². The van der Waals surface area contributed by atoms with Crippen LogP contribution in [-0.2, 0) is 16.7 Å². The van der Waals surface area contributed by atoms with Gasteiger partial charge in [-0.3, -0.25) is 9.48 Å². The van der Waals surface area contributed by atoms with Crippen LogP contribution in [0.3, 0.4) is 0 Å². The molecule has 1 aliphatic rings. The van der Waals surface area contributed by atoms with Crippen molar-refractivity contribution >= 4 is 17.2 Å². The predicted molar refractivity (Wildman–Crippen MR) is 129 cm³/mol. The number of carbonyl (C=O) groups is 1. The Labute approximate surface area is 199 Å². The molecule has 8 heteroatoms. The lowest BCUT2D eigenvalue weighted by Gasteiger charge is -2.31. The standard InChI is InChI=1S/C25H32N4O3S/c1-25(2,3)20-8-7-17(14-21(20)32-5)24(30)29-19(15-28-11-6-9-27-28)13-18(16-31-4)22(29)23-26-10-12-33-23/h6-12,14,18-19,22H,13,15-16H2,1-5H3/t18-,19-,22-/m1/s1. The van der Waals surface area contributed by atoms with Crippen LogP contribution in [-0.4, -0.2) is 52.4 Å². The van der Waals surface area contributed by atoms with Gasteiger partial charge in [0.2, 0.25) is 0 Å². The average Bonchev–Trinajstić information content (AvgIpc) is 3.54. The molecule has 0 aliphatic carbocycles. The summed E-state index contributed by atoms with van der Waals surface area (Å²) in [7, 11) is 3.37. The topological polar surface area (TPSA) is 69.5 Å². The Kier molecular flexibility index (Phi) is 6.86. The highest BCUT2D eigenvalue weighted by Gasteiger charge is 2.46. The number of rotatable bonds is 7. The normalized spacial score (nSPS) is 20.9. The monoisotopic (exact) mass is 468 g/mol. The van der Waals surface area contributed by atoms with E-state index in [1.807, 2.05) is 45.4 Å². The molecule has 1 saturated heterocycles. The fourth-order valence-corrected chi connectivity index (χ4v) is 5.62. The second-order valence-corrected chi connectivity index (χ2v) is 10.5. The molecule has 0 radical (unpaired) electrons. The lowest BCUT2D eigenvalue weighted by atomic mass is 9.85. The third-order valence-corrected chi connectivity index (χ3v) is 7.09. The van der Waals surface area contributed by atoms with Crippen molar-refractivity contribution in [2.24, 2.45) is 5.92 Å². The summed E-state index contributed by atoms with van der Waals surface area (Å²) < 4.78 is 13.1. The number of carbonyl (C=O) groups excluding carboxylic acids is 1. The molecule has 1 aliphatic heterocycles. The smallest absolute Gasteiger partial charge is 0.254 e. The molecule has 1 aromatic carbocycles. The van der Waals surface area contributed by atoms with Gasteiger partial charge in [-0.2, -0.15) is 5.10 Å². The molecule has 0 bridgehead atoms. The molecule has 33 heavy (non-hydrogen) atoms. The van der Waals surface area contributed by atoms with Crippen LogP contribution in [0.15, 0.2) is 48.2 Å².